The first-order valence-corrected chi connectivity index (χ1v) is 7.90. The van der Waals surface area contributed by atoms with Crippen molar-refractivity contribution in [1.82, 2.24) is 20.4 Å². The van der Waals surface area contributed by atoms with E-state index in [1.165, 1.54) is 32.1 Å². The molecule has 1 aliphatic heterocycles. The lowest BCUT2D eigenvalue weighted by Gasteiger charge is -2.31. The summed E-state index contributed by atoms with van der Waals surface area (Å²) in [4.78, 5) is 11.2. The Labute approximate surface area is 123 Å². The summed E-state index contributed by atoms with van der Waals surface area (Å²) >= 11 is 0. The number of nitrogens with one attached hydrogen (secondary N) is 1. The van der Waals surface area contributed by atoms with E-state index in [0.29, 0.717) is 17.8 Å². The van der Waals surface area contributed by atoms with Gasteiger partial charge in [-0.3, -0.25) is 0 Å². The van der Waals surface area contributed by atoms with Gasteiger partial charge in [0.1, 0.15) is 17.5 Å². The van der Waals surface area contributed by atoms with Gasteiger partial charge in [-0.25, -0.2) is 4.98 Å². The molecule has 2 fully saturated rings. The van der Waals surface area contributed by atoms with Crippen molar-refractivity contribution in [3.05, 3.63) is 12.0 Å². The van der Waals surface area contributed by atoms with Crippen LogP contribution in [0.2, 0.25) is 0 Å². The van der Waals surface area contributed by atoms with Crippen LogP contribution in [0.15, 0.2) is 10.9 Å². The van der Waals surface area contributed by atoms with E-state index < -0.39 is 0 Å². The summed E-state index contributed by atoms with van der Waals surface area (Å²) in [6.45, 7) is 4.11. The Kier molecular flexibility index (Phi) is 3.25. The second-order valence-corrected chi connectivity index (χ2v) is 6.18. The first-order chi connectivity index (χ1) is 10.3. The largest absolute Gasteiger partial charge is 0.351 e. The summed E-state index contributed by atoms with van der Waals surface area (Å²) in [5.74, 6) is 0.994. The van der Waals surface area contributed by atoms with Gasteiger partial charge in [0.15, 0.2) is 0 Å². The number of aryl methyl sites for hydroxylation is 1. The van der Waals surface area contributed by atoms with Crippen molar-refractivity contribution in [2.24, 2.45) is 0 Å². The van der Waals surface area contributed by atoms with Crippen molar-refractivity contribution >= 4 is 16.9 Å². The van der Waals surface area contributed by atoms with Crippen LogP contribution in [-0.4, -0.2) is 40.3 Å². The van der Waals surface area contributed by atoms with Crippen molar-refractivity contribution in [3.8, 4) is 0 Å². The summed E-state index contributed by atoms with van der Waals surface area (Å²) in [7, 11) is 0. The van der Waals surface area contributed by atoms with Crippen LogP contribution in [0.3, 0.4) is 0 Å². The molecule has 1 saturated carbocycles. The smallest absolute Gasteiger partial charge is 0.263 e. The minimum absolute atomic E-state index is 0.560. The van der Waals surface area contributed by atoms with Gasteiger partial charge < -0.3 is 14.7 Å². The van der Waals surface area contributed by atoms with E-state index in [0.717, 1.165) is 30.0 Å². The predicted octanol–water partition coefficient (Wildman–Crippen LogP) is 2.04. The number of hydrogen-bond acceptors (Lipinski definition) is 6. The van der Waals surface area contributed by atoms with Crippen molar-refractivity contribution in [2.45, 2.75) is 51.1 Å². The summed E-state index contributed by atoms with van der Waals surface area (Å²) in [6.07, 6.45) is 7.96. The maximum Gasteiger partial charge on any atom is 0.263 e. The van der Waals surface area contributed by atoms with Gasteiger partial charge in [-0.1, -0.05) is 11.6 Å². The second kappa shape index (κ2) is 5.26. The summed E-state index contributed by atoms with van der Waals surface area (Å²) in [6, 6.07) is 1.17. The average Bonchev–Trinajstić information content (AvgIpc) is 3.29. The lowest BCUT2D eigenvalue weighted by molar-refractivity contribution is 0.398. The molecule has 4 rings (SSSR count). The Morgan fingerprint density at radius 3 is 2.95 bits per heavy atom. The first kappa shape index (κ1) is 13.0. The zero-order valence-corrected chi connectivity index (χ0v) is 12.4. The van der Waals surface area contributed by atoms with Crippen LogP contribution in [0.5, 0.6) is 0 Å². The molecule has 6 nitrogen and oxygen atoms in total. The number of nitrogens with zero attached hydrogens (tertiary/aromatic N) is 4. The van der Waals surface area contributed by atoms with E-state index in [9.17, 15) is 0 Å². The number of fused-ring (bicyclic) bond motifs is 1. The molecule has 2 aliphatic rings. The van der Waals surface area contributed by atoms with Gasteiger partial charge in [0.05, 0.1) is 5.69 Å². The maximum absolute atomic E-state index is 5.29. The molecular formula is C15H21N5O. The predicted molar refractivity (Wildman–Crippen MR) is 80.3 cm³/mol. The van der Waals surface area contributed by atoms with Crippen LogP contribution in [0.4, 0.5) is 5.82 Å². The molecule has 0 spiro atoms. The van der Waals surface area contributed by atoms with Crippen molar-refractivity contribution in [3.63, 3.8) is 0 Å². The van der Waals surface area contributed by atoms with E-state index in [2.05, 4.69) is 25.3 Å². The Morgan fingerprint density at radius 1 is 1.29 bits per heavy atom. The van der Waals surface area contributed by atoms with E-state index in [1.54, 1.807) is 6.33 Å². The van der Waals surface area contributed by atoms with E-state index in [-0.39, 0.29) is 0 Å². The Balaban J connectivity index is 1.67. The average molecular weight is 287 g/mol. The molecule has 1 atom stereocenters. The maximum atomic E-state index is 5.29. The first-order valence-electron chi connectivity index (χ1n) is 7.90. The van der Waals surface area contributed by atoms with Crippen LogP contribution in [-0.2, 0) is 0 Å². The highest BCUT2D eigenvalue weighted by molar-refractivity contribution is 5.88. The summed E-state index contributed by atoms with van der Waals surface area (Å²) in [5.41, 5.74) is 1.47. The topological polar surface area (TPSA) is 67.1 Å². The third-order valence-electron chi connectivity index (χ3n) is 4.51. The minimum Gasteiger partial charge on any atom is -0.351 e. The number of anilines is 1. The number of aromatic nitrogens is 3. The van der Waals surface area contributed by atoms with Crippen LogP contribution >= 0.6 is 0 Å². The Morgan fingerprint density at radius 2 is 2.19 bits per heavy atom. The van der Waals surface area contributed by atoms with Gasteiger partial charge in [0.25, 0.3) is 5.71 Å². The molecule has 21 heavy (non-hydrogen) atoms. The van der Waals surface area contributed by atoms with Crippen molar-refractivity contribution in [2.75, 3.05) is 18.0 Å². The monoisotopic (exact) mass is 287 g/mol. The van der Waals surface area contributed by atoms with Crippen LogP contribution in [0.1, 0.15) is 37.8 Å². The highest BCUT2D eigenvalue weighted by Crippen LogP contribution is 2.35. The van der Waals surface area contributed by atoms with Crippen LogP contribution in [0.25, 0.3) is 11.1 Å². The molecule has 1 aliphatic carbocycles. The molecule has 2 aromatic rings. The quantitative estimate of drug-likeness (QED) is 0.928. The molecule has 2 aromatic heterocycles. The molecule has 3 heterocycles. The molecular weight excluding hydrogens is 266 g/mol. The third kappa shape index (κ3) is 2.48. The molecule has 0 radical (unpaired) electrons. The molecule has 1 N–H and O–H groups in total. The molecule has 1 saturated heterocycles. The molecule has 1 unspecified atom stereocenters. The molecule has 112 valence electrons. The summed E-state index contributed by atoms with van der Waals surface area (Å²) in [5, 5.41) is 8.65. The lowest BCUT2D eigenvalue weighted by Crippen LogP contribution is -2.45. The van der Waals surface area contributed by atoms with Gasteiger partial charge >= 0.3 is 0 Å². The van der Waals surface area contributed by atoms with Crippen molar-refractivity contribution < 1.29 is 4.52 Å². The Hall–Kier alpha value is -1.69. The fraction of sp³-hybridized carbons (Fsp3) is 0.667. The van der Waals surface area contributed by atoms with Crippen LogP contribution in [0, 0.1) is 6.92 Å². The highest BCUT2D eigenvalue weighted by Gasteiger charge is 2.33. The fourth-order valence-electron chi connectivity index (χ4n) is 3.23. The van der Waals surface area contributed by atoms with E-state index in [4.69, 9.17) is 4.52 Å². The van der Waals surface area contributed by atoms with Gasteiger partial charge in [-0.15, -0.1) is 0 Å². The standard InChI is InChI=1S/C15H21N5O/c1-10-13-14(17-9-18-15(13)21-19-10)20(12-5-6-12)8-11-4-2-3-7-16-11/h9,11-12,16H,2-8H2,1H3. The number of rotatable bonds is 4. The molecule has 0 bridgehead atoms. The lowest BCUT2D eigenvalue weighted by atomic mass is 10.0. The normalized spacial score (nSPS) is 22.6. The van der Waals surface area contributed by atoms with E-state index in [1.807, 2.05) is 6.92 Å². The molecule has 0 amide bonds. The van der Waals surface area contributed by atoms with Crippen molar-refractivity contribution in [1.29, 1.82) is 0 Å². The third-order valence-corrected chi connectivity index (χ3v) is 4.51. The van der Waals surface area contributed by atoms with Gasteiger partial charge in [-0.05, 0) is 39.2 Å². The number of hydrogen-bond donors (Lipinski definition) is 1. The second-order valence-electron chi connectivity index (χ2n) is 6.18. The van der Waals surface area contributed by atoms with E-state index >= 15 is 0 Å². The zero-order valence-electron chi connectivity index (χ0n) is 12.4. The number of piperidine rings is 1. The fourth-order valence-corrected chi connectivity index (χ4v) is 3.23. The SMILES string of the molecule is Cc1noc2ncnc(N(CC3CCCCN3)C3CC3)c12. The molecule has 0 aromatic carbocycles. The Bertz CT molecular complexity index is 630. The highest BCUT2D eigenvalue weighted by atomic mass is 16.5. The molecule has 6 heteroatoms. The van der Waals surface area contributed by atoms with Crippen LogP contribution < -0.4 is 10.2 Å². The van der Waals surface area contributed by atoms with Gasteiger partial charge in [0, 0.05) is 18.6 Å². The van der Waals surface area contributed by atoms with Gasteiger partial charge in [0.2, 0.25) is 0 Å². The zero-order chi connectivity index (χ0) is 14.2. The minimum atomic E-state index is 0.560. The summed E-state index contributed by atoms with van der Waals surface area (Å²) < 4.78 is 5.29. The van der Waals surface area contributed by atoms with Gasteiger partial charge in [-0.2, -0.15) is 4.98 Å².